The largest absolute Gasteiger partial charge is 0.484 e. The fraction of sp³-hybridized carbons (Fsp3) is 0.0714. The lowest BCUT2D eigenvalue weighted by atomic mass is 10.3. The van der Waals surface area contributed by atoms with Crippen LogP contribution in [0.4, 0.5) is 5.69 Å². The molecule has 0 heterocycles. The van der Waals surface area contributed by atoms with E-state index in [1.807, 2.05) is 24.3 Å². The summed E-state index contributed by atoms with van der Waals surface area (Å²) in [6, 6.07) is 14.4. The van der Waals surface area contributed by atoms with Crippen LogP contribution >= 0.6 is 34.2 Å². The molecule has 0 atom stereocenters. The molecule has 0 aliphatic carbocycles. The van der Waals surface area contributed by atoms with E-state index in [-0.39, 0.29) is 12.5 Å². The standard InChI is InChI=1S/C14H11ClINO2/c15-10-1-5-12(6-2-10)17-14(18)9-19-13-7-3-11(16)4-8-13/h1-8H,9H2,(H,17,18). The van der Waals surface area contributed by atoms with Crippen molar-refractivity contribution in [3.63, 3.8) is 0 Å². The van der Waals surface area contributed by atoms with Crippen molar-refractivity contribution in [2.24, 2.45) is 0 Å². The summed E-state index contributed by atoms with van der Waals surface area (Å²) >= 11 is 7.97. The van der Waals surface area contributed by atoms with Gasteiger partial charge in [0.25, 0.3) is 5.91 Å². The van der Waals surface area contributed by atoms with Crippen molar-refractivity contribution in [1.82, 2.24) is 0 Å². The number of nitrogens with one attached hydrogen (secondary N) is 1. The van der Waals surface area contributed by atoms with Gasteiger partial charge in [-0.15, -0.1) is 0 Å². The summed E-state index contributed by atoms with van der Waals surface area (Å²) in [5, 5.41) is 3.36. The summed E-state index contributed by atoms with van der Waals surface area (Å²) in [4.78, 5) is 11.7. The minimum absolute atomic E-state index is 0.0246. The predicted octanol–water partition coefficient (Wildman–Crippen LogP) is 3.96. The second-order valence-corrected chi connectivity index (χ2v) is 5.48. The van der Waals surface area contributed by atoms with Gasteiger partial charge in [0.15, 0.2) is 6.61 Å². The van der Waals surface area contributed by atoms with Crippen LogP contribution in [0.2, 0.25) is 5.02 Å². The van der Waals surface area contributed by atoms with Crippen LogP contribution in [0.3, 0.4) is 0 Å². The Bertz CT molecular complexity index is 555. The highest BCUT2D eigenvalue weighted by Gasteiger charge is 2.03. The molecular formula is C14H11ClINO2. The summed E-state index contributed by atoms with van der Waals surface area (Å²) in [5.74, 6) is 0.465. The molecule has 3 nitrogen and oxygen atoms in total. The molecule has 0 aliphatic rings. The van der Waals surface area contributed by atoms with Crippen molar-refractivity contribution in [3.05, 3.63) is 57.1 Å². The molecule has 0 spiro atoms. The first-order valence-electron chi connectivity index (χ1n) is 5.57. The lowest BCUT2D eigenvalue weighted by Crippen LogP contribution is -2.20. The van der Waals surface area contributed by atoms with Gasteiger partial charge < -0.3 is 10.1 Å². The Labute approximate surface area is 130 Å². The van der Waals surface area contributed by atoms with Crippen molar-refractivity contribution < 1.29 is 9.53 Å². The lowest BCUT2D eigenvalue weighted by Gasteiger charge is -2.07. The van der Waals surface area contributed by atoms with Crippen LogP contribution in [0.15, 0.2) is 48.5 Å². The number of anilines is 1. The highest BCUT2D eigenvalue weighted by molar-refractivity contribution is 14.1. The van der Waals surface area contributed by atoms with E-state index in [0.717, 1.165) is 3.57 Å². The van der Waals surface area contributed by atoms with E-state index in [1.165, 1.54) is 0 Å². The molecule has 0 aromatic heterocycles. The second-order valence-electron chi connectivity index (χ2n) is 3.80. The topological polar surface area (TPSA) is 38.3 Å². The van der Waals surface area contributed by atoms with Crippen molar-refractivity contribution >= 4 is 45.8 Å². The maximum atomic E-state index is 11.7. The molecule has 1 N–H and O–H groups in total. The number of hydrogen-bond acceptors (Lipinski definition) is 2. The monoisotopic (exact) mass is 387 g/mol. The summed E-state index contributed by atoms with van der Waals surface area (Å²) in [5.41, 5.74) is 0.695. The van der Waals surface area contributed by atoms with Gasteiger partial charge in [0.2, 0.25) is 0 Å². The summed E-state index contributed by atoms with van der Waals surface area (Å²) in [6.45, 7) is -0.0246. The van der Waals surface area contributed by atoms with Crippen molar-refractivity contribution in [1.29, 1.82) is 0 Å². The van der Waals surface area contributed by atoms with Crippen LogP contribution in [0.25, 0.3) is 0 Å². The Balaban J connectivity index is 1.84. The number of ether oxygens (including phenoxy) is 1. The molecule has 0 unspecified atom stereocenters. The first-order chi connectivity index (χ1) is 9.13. The molecule has 1 amide bonds. The molecule has 2 aromatic rings. The molecule has 98 valence electrons. The maximum absolute atomic E-state index is 11.7. The van der Waals surface area contributed by atoms with Crippen molar-refractivity contribution in [2.75, 3.05) is 11.9 Å². The maximum Gasteiger partial charge on any atom is 0.262 e. The zero-order valence-electron chi connectivity index (χ0n) is 9.90. The number of amides is 1. The molecule has 0 radical (unpaired) electrons. The predicted molar refractivity (Wildman–Crippen MR) is 84.7 cm³/mol. The molecule has 0 saturated carbocycles. The molecule has 2 rings (SSSR count). The Hall–Kier alpha value is -1.27. The van der Waals surface area contributed by atoms with E-state index in [9.17, 15) is 4.79 Å². The van der Waals surface area contributed by atoms with Gasteiger partial charge >= 0.3 is 0 Å². The summed E-state index contributed by atoms with van der Waals surface area (Å²) in [7, 11) is 0. The average Bonchev–Trinajstić information content (AvgIpc) is 2.41. The average molecular weight is 388 g/mol. The Kier molecular flexibility index (Phi) is 5.04. The molecule has 5 heteroatoms. The van der Waals surface area contributed by atoms with E-state index in [4.69, 9.17) is 16.3 Å². The number of carbonyl (C=O) groups excluding carboxylic acids is 1. The third-order valence-electron chi connectivity index (χ3n) is 2.31. The van der Waals surface area contributed by atoms with Crippen molar-refractivity contribution in [3.8, 4) is 5.75 Å². The fourth-order valence-corrected chi connectivity index (χ4v) is 1.90. The fourth-order valence-electron chi connectivity index (χ4n) is 1.41. The number of benzene rings is 2. The molecule has 0 fully saturated rings. The molecule has 2 aromatic carbocycles. The summed E-state index contributed by atoms with van der Waals surface area (Å²) < 4.78 is 6.50. The van der Waals surface area contributed by atoms with E-state index in [1.54, 1.807) is 24.3 Å². The normalized spacial score (nSPS) is 10.0. The van der Waals surface area contributed by atoms with Gasteiger partial charge in [-0.05, 0) is 71.1 Å². The quantitative estimate of drug-likeness (QED) is 0.807. The highest BCUT2D eigenvalue weighted by Crippen LogP contribution is 2.15. The van der Waals surface area contributed by atoms with Crippen LogP contribution in [0, 0.1) is 3.57 Å². The third kappa shape index (κ3) is 4.72. The molecule has 0 bridgehead atoms. The second kappa shape index (κ2) is 6.77. The van der Waals surface area contributed by atoms with Crippen LogP contribution < -0.4 is 10.1 Å². The van der Waals surface area contributed by atoms with Gasteiger partial charge in [0, 0.05) is 14.3 Å². The van der Waals surface area contributed by atoms with E-state index in [0.29, 0.717) is 16.5 Å². The number of carbonyl (C=O) groups is 1. The Morgan fingerprint density at radius 2 is 1.74 bits per heavy atom. The van der Waals surface area contributed by atoms with Crippen LogP contribution in [0.1, 0.15) is 0 Å². The Morgan fingerprint density at radius 1 is 1.11 bits per heavy atom. The van der Waals surface area contributed by atoms with Gasteiger partial charge in [0.1, 0.15) is 5.75 Å². The number of halogens is 2. The van der Waals surface area contributed by atoms with E-state index >= 15 is 0 Å². The van der Waals surface area contributed by atoms with Crippen LogP contribution in [0.5, 0.6) is 5.75 Å². The van der Waals surface area contributed by atoms with Crippen LogP contribution in [-0.4, -0.2) is 12.5 Å². The molecular weight excluding hydrogens is 377 g/mol. The van der Waals surface area contributed by atoms with E-state index < -0.39 is 0 Å². The molecule has 0 saturated heterocycles. The lowest BCUT2D eigenvalue weighted by molar-refractivity contribution is -0.118. The first-order valence-corrected chi connectivity index (χ1v) is 7.03. The van der Waals surface area contributed by atoms with Crippen molar-refractivity contribution in [2.45, 2.75) is 0 Å². The van der Waals surface area contributed by atoms with Gasteiger partial charge in [-0.2, -0.15) is 0 Å². The molecule has 19 heavy (non-hydrogen) atoms. The number of rotatable bonds is 4. The van der Waals surface area contributed by atoms with Crippen LogP contribution in [-0.2, 0) is 4.79 Å². The van der Waals surface area contributed by atoms with Gasteiger partial charge in [-0.25, -0.2) is 0 Å². The first kappa shape index (κ1) is 14.1. The molecule has 0 aliphatic heterocycles. The van der Waals surface area contributed by atoms with Gasteiger partial charge in [-0.1, -0.05) is 11.6 Å². The SMILES string of the molecule is O=C(COc1ccc(I)cc1)Nc1ccc(Cl)cc1. The van der Waals surface area contributed by atoms with Gasteiger partial charge in [-0.3, -0.25) is 4.79 Å². The third-order valence-corrected chi connectivity index (χ3v) is 3.28. The van der Waals surface area contributed by atoms with Gasteiger partial charge in [0.05, 0.1) is 0 Å². The minimum atomic E-state index is -0.208. The Morgan fingerprint density at radius 3 is 2.37 bits per heavy atom. The van der Waals surface area contributed by atoms with E-state index in [2.05, 4.69) is 27.9 Å². The summed E-state index contributed by atoms with van der Waals surface area (Å²) in [6.07, 6.45) is 0. The smallest absolute Gasteiger partial charge is 0.262 e. The highest BCUT2D eigenvalue weighted by atomic mass is 127. The minimum Gasteiger partial charge on any atom is -0.484 e. The zero-order valence-corrected chi connectivity index (χ0v) is 12.8. The number of hydrogen-bond donors (Lipinski definition) is 1. The zero-order chi connectivity index (χ0) is 13.7.